The molecule has 0 aliphatic heterocycles. The summed E-state index contributed by atoms with van der Waals surface area (Å²) in [6.07, 6.45) is 4.67. The Balaban J connectivity index is 1.93. The van der Waals surface area contributed by atoms with Crippen molar-refractivity contribution in [1.29, 1.82) is 0 Å². The van der Waals surface area contributed by atoms with E-state index in [9.17, 15) is 4.79 Å². The molecule has 0 bridgehead atoms. The normalized spacial score (nSPS) is 14.5. The molecule has 0 fully saturated rings. The van der Waals surface area contributed by atoms with Crippen LogP contribution in [0.4, 0.5) is 0 Å². The van der Waals surface area contributed by atoms with Gasteiger partial charge in [0, 0.05) is 16.6 Å². The first-order valence-corrected chi connectivity index (χ1v) is 7.12. The summed E-state index contributed by atoms with van der Waals surface area (Å²) in [5, 5.41) is 3.03. The van der Waals surface area contributed by atoms with Crippen LogP contribution in [-0.2, 0) is 19.3 Å². The van der Waals surface area contributed by atoms with Crippen LogP contribution in [0.5, 0.6) is 0 Å². The second-order valence-electron chi connectivity index (χ2n) is 4.70. The molecule has 0 spiro atoms. The van der Waals surface area contributed by atoms with Gasteiger partial charge in [0.2, 0.25) is 0 Å². The summed E-state index contributed by atoms with van der Waals surface area (Å²) in [6, 6.07) is 0. The highest BCUT2D eigenvalue weighted by Gasteiger charge is 2.15. The van der Waals surface area contributed by atoms with E-state index in [1.165, 1.54) is 0 Å². The van der Waals surface area contributed by atoms with E-state index in [1.54, 1.807) is 11.3 Å². The molecule has 0 atom stereocenters. The number of rotatable bonds is 2. The van der Waals surface area contributed by atoms with Crippen molar-refractivity contribution >= 4 is 11.3 Å². The highest BCUT2D eigenvalue weighted by atomic mass is 32.1. The molecule has 0 aromatic carbocycles. The van der Waals surface area contributed by atoms with Crippen LogP contribution in [-0.4, -0.2) is 15.0 Å². The smallest absolute Gasteiger partial charge is 0.254 e. The summed E-state index contributed by atoms with van der Waals surface area (Å²) in [7, 11) is 0. The fraction of sp³-hybridized carbons (Fsp3) is 0.462. The first-order valence-electron chi connectivity index (χ1n) is 6.24. The zero-order valence-electron chi connectivity index (χ0n) is 10.3. The van der Waals surface area contributed by atoms with Gasteiger partial charge in [-0.25, -0.2) is 9.97 Å². The Hall–Kier alpha value is -1.49. The van der Waals surface area contributed by atoms with Crippen molar-refractivity contribution in [2.24, 2.45) is 0 Å². The molecule has 2 heterocycles. The average Bonchev–Trinajstić information content (AvgIpc) is 2.75. The molecule has 1 N–H and O–H groups in total. The minimum atomic E-state index is 0.0444. The lowest BCUT2D eigenvalue weighted by Crippen LogP contribution is -2.23. The number of aromatic amines is 1. The monoisotopic (exact) mass is 261 g/mol. The SMILES string of the molecule is Cc1csc(Cc2nc3c(c(=O)[nH]2)CCCC3)n1. The van der Waals surface area contributed by atoms with Gasteiger partial charge in [-0.1, -0.05) is 0 Å². The van der Waals surface area contributed by atoms with E-state index in [2.05, 4.69) is 15.0 Å². The predicted octanol–water partition coefficient (Wildman–Crippen LogP) is 2.00. The van der Waals surface area contributed by atoms with E-state index in [0.29, 0.717) is 6.42 Å². The molecule has 1 aliphatic rings. The van der Waals surface area contributed by atoms with Gasteiger partial charge in [0.05, 0.1) is 12.1 Å². The summed E-state index contributed by atoms with van der Waals surface area (Å²) >= 11 is 1.61. The number of hydrogen-bond donors (Lipinski definition) is 1. The lowest BCUT2D eigenvalue weighted by atomic mass is 9.97. The number of nitrogens with zero attached hydrogens (tertiary/aromatic N) is 2. The van der Waals surface area contributed by atoms with Gasteiger partial charge >= 0.3 is 0 Å². The summed E-state index contributed by atoms with van der Waals surface area (Å²) in [4.78, 5) is 23.9. The van der Waals surface area contributed by atoms with Gasteiger partial charge < -0.3 is 4.98 Å². The molecule has 3 rings (SSSR count). The third-order valence-electron chi connectivity index (χ3n) is 3.23. The summed E-state index contributed by atoms with van der Waals surface area (Å²) in [5.41, 5.74) is 2.95. The highest BCUT2D eigenvalue weighted by Crippen LogP contribution is 2.17. The summed E-state index contributed by atoms with van der Waals surface area (Å²) < 4.78 is 0. The number of thiazole rings is 1. The first-order chi connectivity index (χ1) is 8.72. The largest absolute Gasteiger partial charge is 0.310 e. The number of fused-ring (bicyclic) bond motifs is 1. The molecule has 0 saturated carbocycles. The number of nitrogens with one attached hydrogen (secondary N) is 1. The average molecular weight is 261 g/mol. The van der Waals surface area contributed by atoms with Crippen LogP contribution in [0, 0.1) is 6.92 Å². The molecule has 4 nitrogen and oxygen atoms in total. The van der Waals surface area contributed by atoms with Gasteiger partial charge in [-0.05, 0) is 32.6 Å². The maximum absolute atomic E-state index is 12.0. The van der Waals surface area contributed by atoms with E-state index < -0.39 is 0 Å². The van der Waals surface area contributed by atoms with Gasteiger partial charge in [0.15, 0.2) is 0 Å². The minimum absolute atomic E-state index is 0.0444. The Bertz CT molecular complexity index is 629. The van der Waals surface area contributed by atoms with Crippen molar-refractivity contribution in [1.82, 2.24) is 15.0 Å². The Morgan fingerprint density at radius 2 is 2.17 bits per heavy atom. The molecular formula is C13H15N3OS. The third-order valence-corrected chi connectivity index (χ3v) is 4.19. The van der Waals surface area contributed by atoms with E-state index in [-0.39, 0.29) is 5.56 Å². The van der Waals surface area contributed by atoms with Crippen molar-refractivity contribution < 1.29 is 0 Å². The van der Waals surface area contributed by atoms with Crippen LogP contribution in [0.1, 0.15) is 40.6 Å². The Labute approximate surface area is 109 Å². The van der Waals surface area contributed by atoms with E-state index in [1.807, 2.05) is 12.3 Å². The molecule has 94 valence electrons. The number of H-pyrrole nitrogens is 1. The maximum atomic E-state index is 12.0. The summed E-state index contributed by atoms with van der Waals surface area (Å²) in [5.74, 6) is 0.745. The fourth-order valence-electron chi connectivity index (χ4n) is 2.37. The molecule has 0 saturated heterocycles. The van der Waals surface area contributed by atoms with Crippen molar-refractivity contribution in [3.63, 3.8) is 0 Å². The molecule has 1 aliphatic carbocycles. The highest BCUT2D eigenvalue weighted by molar-refractivity contribution is 7.09. The quantitative estimate of drug-likeness (QED) is 0.899. The topological polar surface area (TPSA) is 58.6 Å². The Kier molecular flexibility index (Phi) is 2.99. The van der Waals surface area contributed by atoms with Crippen LogP contribution >= 0.6 is 11.3 Å². The fourth-order valence-corrected chi connectivity index (χ4v) is 3.14. The third kappa shape index (κ3) is 2.22. The molecule has 0 unspecified atom stereocenters. The second kappa shape index (κ2) is 4.65. The van der Waals surface area contributed by atoms with Gasteiger partial charge in [0.25, 0.3) is 5.56 Å². The molecule has 0 radical (unpaired) electrons. The van der Waals surface area contributed by atoms with Gasteiger partial charge in [-0.3, -0.25) is 4.79 Å². The lowest BCUT2D eigenvalue weighted by molar-refractivity contribution is 0.648. The molecule has 2 aromatic rings. The van der Waals surface area contributed by atoms with Crippen LogP contribution in [0.3, 0.4) is 0 Å². The van der Waals surface area contributed by atoms with Gasteiger partial charge in [-0.15, -0.1) is 11.3 Å². The summed E-state index contributed by atoms with van der Waals surface area (Å²) in [6.45, 7) is 1.98. The van der Waals surface area contributed by atoms with Crippen LogP contribution < -0.4 is 5.56 Å². The van der Waals surface area contributed by atoms with Crippen LogP contribution in [0.2, 0.25) is 0 Å². The number of hydrogen-bond acceptors (Lipinski definition) is 4. The van der Waals surface area contributed by atoms with Crippen molar-refractivity contribution in [2.75, 3.05) is 0 Å². The maximum Gasteiger partial charge on any atom is 0.254 e. The van der Waals surface area contributed by atoms with Gasteiger partial charge in [0.1, 0.15) is 10.8 Å². The molecule has 2 aromatic heterocycles. The number of aryl methyl sites for hydroxylation is 2. The van der Waals surface area contributed by atoms with E-state index >= 15 is 0 Å². The lowest BCUT2D eigenvalue weighted by Gasteiger charge is -2.14. The zero-order valence-corrected chi connectivity index (χ0v) is 11.1. The van der Waals surface area contributed by atoms with Crippen molar-refractivity contribution in [3.8, 4) is 0 Å². The Morgan fingerprint density at radius 3 is 2.94 bits per heavy atom. The molecule has 5 heteroatoms. The number of aromatic nitrogens is 3. The molecule has 0 amide bonds. The Morgan fingerprint density at radius 1 is 1.33 bits per heavy atom. The zero-order chi connectivity index (χ0) is 12.5. The standard InChI is InChI=1S/C13H15N3OS/c1-8-7-18-12(14-8)6-11-15-10-5-3-2-4-9(10)13(17)16-11/h7H,2-6H2,1H3,(H,15,16,17). The second-order valence-corrected chi connectivity index (χ2v) is 5.65. The van der Waals surface area contributed by atoms with E-state index in [0.717, 1.165) is 53.5 Å². The van der Waals surface area contributed by atoms with Gasteiger partial charge in [-0.2, -0.15) is 0 Å². The molecular weight excluding hydrogens is 246 g/mol. The van der Waals surface area contributed by atoms with E-state index in [4.69, 9.17) is 0 Å². The van der Waals surface area contributed by atoms with Crippen LogP contribution in [0.15, 0.2) is 10.2 Å². The van der Waals surface area contributed by atoms with Crippen LogP contribution in [0.25, 0.3) is 0 Å². The molecule has 18 heavy (non-hydrogen) atoms. The van der Waals surface area contributed by atoms with Crippen molar-refractivity contribution in [2.45, 2.75) is 39.0 Å². The first kappa shape index (κ1) is 11.6. The minimum Gasteiger partial charge on any atom is -0.310 e. The predicted molar refractivity (Wildman–Crippen MR) is 71.2 cm³/mol. The van der Waals surface area contributed by atoms with Crippen molar-refractivity contribution in [3.05, 3.63) is 43.5 Å².